The van der Waals surface area contributed by atoms with Gasteiger partial charge in [-0.05, 0) is 51.0 Å². The van der Waals surface area contributed by atoms with E-state index in [-0.39, 0.29) is 17.5 Å². The lowest BCUT2D eigenvalue weighted by molar-refractivity contribution is -0.0897. The van der Waals surface area contributed by atoms with E-state index >= 15 is 0 Å². The molecule has 0 bridgehead atoms. The number of rotatable bonds is 1. The maximum Gasteiger partial charge on any atom is 0.185 e. The van der Waals surface area contributed by atoms with Crippen LogP contribution in [0, 0.1) is 0 Å². The maximum atomic E-state index is 6.27. The van der Waals surface area contributed by atoms with Gasteiger partial charge < -0.3 is 9.47 Å². The number of fused-ring (bicyclic) bond motifs is 2. The molecule has 124 valence electrons. The third-order valence-corrected chi connectivity index (χ3v) is 6.34. The van der Waals surface area contributed by atoms with Gasteiger partial charge in [0.1, 0.15) is 0 Å². The third kappa shape index (κ3) is 2.52. The highest BCUT2D eigenvalue weighted by Crippen LogP contribution is 2.47. The van der Waals surface area contributed by atoms with Gasteiger partial charge in [-0.25, -0.2) is 0 Å². The Morgan fingerprint density at radius 1 is 0.792 bits per heavy atom. The quantitative estimate of drug-likeness (QED) is 0.548. The van der Waals surface area contributed by atoms with Crippen molar-refractivity contribution in [2.75, 3.05) is 0 Å². The van der Waals surface area contributed by atoms with Gasteiger partial charge in [0.05, 0.1) is 11.2 Å². The number of ether oxygens (including phenoxy) is 2. The Morgan fingerprint density at radius 3 is 2.21 bits per heavy atom. The van der Waals surface area contributed by atoms with Crippen molar-refractivity contribution in [3.05, 3.63) is 59.2 Å². The predicted octanol–water partition coefficient (Wildman–Crippen LogP) is 5.92. The standard InChI is InChI=1S/C21H22O2S/c1-20(2)21(3,4)23-19(22-20)16-9-7-11-18-15(16)13-12-14-8-5-6-10-17(14)24-18/h5-13,19H,1-4H3. The van der Waals surface area contributed by atoms with Gasteiger partial charge in [-0.15, -0.1) is 0 Å². The first kappa shape index (κ1) is 15.9. The van der Waals surface area contributed by atoms with E-state index in [1.807, 2.05) is 0 Å². The van der Waals surface area contributed by atoms with E-state index < -0.39 is 0 Å². The van der Waals surface area contributed by atoms with Gasteiger partial charge in [0, 0.05) is 15.4 Å². The molecule has 2 aliphatic rings. The molecular formula is C21H22O2S. The van der Waals surface area contributed by atoms with Crippen molar-refractivity contribution in [2.24, 2.45) is 0 Å². The van der Waals surface area contributed by atoms with Crippen molar-refractivity contribution in [2.45, 2.75) is 55.0 Å². The molecule has 0 amide bonds. The van der Waals surface area contributed by atoms with Crippen molar-refractivity contribution >= 4 is 23.9 Å². The molecule has 0 spiro atoms. The molecule has 1 saturated heterocycles. The van der Waals surface area contributed by atoms with Crippen LogP contribution in [0.2, 0.25) is 0 Å². The van der Waals surface area contributed by atoms with Crippen LogP contribution in [0.25, 0.3) is 12.2 Å². The largest absolute Gasteiger partial charge is 0.339 e. The SMILES string of the molecule is CC1(C)OC(c2cccc3c2C=Cc2ccccc2S3)OC1(C)C. The fourth-order valence-electron chi connectivity index (χ4n) is 3.01. The summed E-state index contributed by atoms with van der Waals surface area (Å²) in [7, 11) is 0. The number of benzene rings is 2. The second-order valence-electron chi connectivity index (χ2n) is 7.32. The minimum atomic E-state index is -0.337. The second kappa shape index (κ2) is 5.48. The number of hydrogen-bond donors (Lipinski definition) is 0. The zero-order valence-corrected chi connectivity index (χ0v) is 15.3. The van der Waals surface area contributed by atoms with Crippen LogP contribution in [0.15, 0.2) is 52.3 Å². The summed E-state index contributed by atoms with van der Waals surface area (Å²) in [5, 5.41) is 0. The Balaban J connectivity index is 1.77. The second-order valence-corrected chi connectivity index (χ2v) is 8.40. The van der Waals surface area contributed by atoms with Crippen molar-refractivity contribution in [1.29, 1.82) is 0 Å². The molecule has 0 aliphatic carbocycles. The monoisotopic (exact) mass is 338 g/mol. The van der Waals surface area contributed by atoms with E-state index in [2.05, 4.69) is 82.3 Å². The Morgan fingerprint density at radius 2 is 1.46 bits per heavy atom. The van der Waals surface area contributed by atoms with Gasteiger partial charge in [-0.1, -0.05) is 54.2 Å². The first-order chi connectivity index (χ1) is 11.4. The van der Waals surface area contributed by atoms with E-state index in [1.165, 1.54) is 20.9 Å². The van der Waals surface area contributed by atoms with Crippen LogP contribution >= 0.6 is 11.8 Å². The van der Waals surface area contributed by atoms with Gasteiger partial charge in [0.2, 0.25) is 0 Å². The molecule has 0 aromatic heterocycles. The zero-order valence-electron chi connectivity index (χ0n) is 14.5. The first-order valence-electron chi connectivity index (χ1n) is 8.31. The summed E-state index contributed by atoms with van der Waals surface area (Å²) in [5.74, 6) is 0. The van der Waals surface area contributed by atoms with Crippen LogP contribution in [0.1, 0.15) is 50.7 Å². The Labute approximate surface area is 147 Å². The lowest BCUT2D eigenvalue weighted by Gasteiger charge is -2.30. The molecule has 2 heterocycles. The van der Waals surface area contributed by atoms with E-state index in [0.29, 0.717) is 0 Å². The molecule has 2 aliphatic heterocycles. The first-order valence-corrected chi connectivity index (χ1v) is 9.13. The van der Waals surface area contributed by atoms with Crippen molar-refractivity contribution in [3.8, 4) is 0 Å². The molecule has 0 radical (unpaired) electrons. The summed E-state index contributed by atoms with van der Waals surface area (Å²) in [4.78, 5) is 2.52. The molecule has 0 unspecified atom stereocenters. The summed E-state index contributed by atoms with van der Waals surface area (Å²) in [6.07, 6.45) is 4.04. The van der Waals surface area contributed by atoms with E-state index in [1.54, 1.807) is 11.8 Å². The van der Waals surface area contributed by atoms with Crippen LogP contribution in [0.5, 0.6) is 0 Å². The molecule has 24 heavy (non-hydrogen) atoms. The molecule has 2 aromatic carbocycles. The van der Waals surface area contributed by atoms with E-state index in [0.717, 1.165) is 5.56 Å². The molecule has 0 saturated carbocycles. The van der Waals surface area contributed by atoms with E-state index in [9.17, 15) is 0 Å². The molecule has 4 rings (SSSR count). The fraction of sp³-hybridized carbons (Fsp3) is 0.333. The molecule has 3 heteroatoms. The van der Waals surface area contributed by atoms with Gasteiger partial charge in [-0.3, -0.25) is 0 Å². The predicted molar refractivity (Wildman–Crippen MR) is 99.0 cm³/mol. The third-order valence-electron chi connectivity index (χ3n) is 5.18. The summed E-state index contributed by atoms with van der Waals surface area (Å²) < 4.78 is 12.5. The summed E-state index contributed by atoms with van der Waals surface area (Å²) >= 11 is 1.80. The van der Waals surface area contributed by atoms with Crippen LogP contribution in [0.4, 0.5) is 0 Å². The maximum absolute atomic E-state index is 6.27. The summed E-state index contributed by atoms with van der Waals surface area (Å²) in [6, 6.07) is 14.9. The van der Waals surface area contributed by atoms with Gasteiger partial charge in [0.15, 0.2) is 6.29 Å². The lowest BCUT2D eigenvalue weighted by Crippen LogP contribution is -2.41. The molecular weight excluding hydrogens is 316 g/mol. The average molecular weight is 338 g/mol. The minimum absolute atomic E-state index is 0.328. The average Bonchev–Trinajstić information content (AvgIpc) is 2.68. The smallest absolute Gasteiger partial charge is 0.185 e. The minimum Gasteiger partial charge on any atom is -0.339 e. The van der Waals surface area contributed by atoms with Crippen LogP contribution in [0.3, 0.4) is 0 Å². The highest BCUT2D eigenvalue weighted by atomic mass is 32.2. The topological polar surface area (TPSA) is 18.5 Å². The van der Waals surface area contributed by atoms with Crippen molar-refractivity contribution in [1.82, 2.24) is 0 Å². The zero-order chi connectivity index (χ0) is 16.9. The van der Waals surface area contributed by atoms with E-state index in [4.69, 9.17) is 9.47 Å². The van der Waals surface area contributed by atoms with Crippen molar-refractivity contribution < 1.29 is 9.47 Å². The lowest BCUT2D eigenvalue weighted by atomic mass is 9.90. The normalized spacial score (nSPS) is 21.2. The highest BCUT2D eigenvalue weighted by molar-refractivity contribution is 7.99. The van der Waals surface area contributed by atoms with Gasteiger partial charge >= 0.3 is 0 Å². The molecule has 0 atom stereocenters. The summed E-state index contributed by atoms with van der Waals surface area (Å²) in [6.45, 7) is 8.37. The summed E-state index contributed by atoms with van der Waals surface area (Å²) in [5.41, 5.74) is 2.88. The molecule has 1 fully saturated rings. The van der Waals surface area contributed by atoms with Gasteiger partial charge in [-0.2, -0.15) is 0 Å². The van der Waals surface area contributed by atoms with Crippen LogP contribution in [-0.4, -0.2) is 11.2 Å². The van der Waals surface area contributed by atoms with Crippen LogP contribution < -0.4 is 0 Å². The Hall–Kier alpha value is -1.55. The van der Waals surface area contributed by atoms with Gasteiger partial charge in [0.25, 0.3) is 0 Å². The highest BCUT2D eigenvalue weighted by Gasteiger charge is 2.49. The molecule has 2 aromatic rings. The Bertz CT molecular complexity index is 804. The number of hydrogen-bond acceptors (Lipinski definition) is 3. The molecule has 2 nitrogen and oxygen atoms in total. The van der Waals surface area contributed by atoms with Crippen molar-refractivity contribution in [3.63, 3.8) is 0 Å². The Kier molecular flexibility index (Phi) is 3.64. The fourth-order valence-corrected chi connectivity index (χ4v) is 4.09. The molecule has 0 N–H and O–H groups in total. The van der Waals surface area contributed by atoms with Crippen LogP contribution in [-0.2, 0) is 9.47 Å².